The number of anilines is 3. The first-order valence-corrected chi connectivity index (χ1v) is 7.79. The highest BCUT2D eigenvalue weighted by Gasteiger charge is 2.08. The second-order valence-corrected chi connectivity index (χ2v) is 5.64. The van der Waals surface area contributed by atoms with E-state index < -0.39 is 0 Å². The minimum absolute atomic E-state index is 0.494. The number of unbranched alkanes of at least 4 members (excludes halogenated alkanes) is 1. The average Bonchev–Trinajstić information content (AvgIpc) is 2.49. The first-order valence-electron chi connectivity index (χ1n) is 7.03. The summed E-state index contributed by atoms with van der Waals surface area (Å²) in [5.74, 6) is 1.19. The number of nitrogens with one attached hydrogen (secondary N) is 2. The molecule has 1 aromatic carbocycles. The maximum absolute atomic E-state index is 6.17. The molecule has 1 aromatic heterocycles. The van der Waals surface area contributed by atoms with Gasteiger partial charge < -0.3 is 10.6 Å². The van der Waals surface area contributed by atoms with Gasteiger partial charge in [-0.25, -0.2) is 4.98 Å². The Morgan fingerprint density at radius 2 is 1.71 bits per heavy atom. The van der Waals surface area contributed by atoms with Crippen LogP contribution in [-0.4, -0.2) is 12.0 Å². The summed E-state index contributed by atoms with van der Waals surface area (Å²) in [5.41, 5.74) is 2.29. The number of aromatic nitrogens is 1. The van der Waals surface area contributed by atoms with Crippen molar-refractivity contribution in [2.45, 2.75) is 26.2 Å². The van der Waals surface area contributed by atoms with Crippen LogP contribution in [0, 0.1) is 0 Å². The van der Waals surface area contributed by atoms with Crippen LogP contribution < -0.4 is 10.6 Å². The van der Waals surface area contributed by atoms with Crippen LogP contribution in [-0.2, 0) is 6.42 Å². The van der Waals surface area contributed by atoms with Crippen molar-refractivity contribution in [1.82, 2.24) is 4.98 Å². The molecule has 112 valence electrons. The molecule has 2 rings (SSSR count). The molecule has 0 atom stereocenters. The lowest BCUT2D eigenvalue weighted by atomic mass is 10.1. The molecule has 0 unspecified atom stereocenters. The minimum Gasteiger partial charge on any atom is -0.372 e. The van der Waals surface area contributed by atoms with E-state index in [1.54, 1.807) is 13.1 Å². The van der Waals surface area contributed by atoms with Gasteiger partial charge in [-0.1, -0.05) is 48.7 Å². The molecule has 0 radical (unpaired) electrons. The van der Waals surface area contributed by atoms with Gasteiger partial charge >= 0.3 is 0 Å². The number of rotatable bonds is 6. The molecule has 0 saturated heterocycles. The monoisotopic (exact) mass is 323 g/mol. The van der Waals surface area contributed by atoms with Crippen molar-refractivity contribution in [2.24, 2.45) is 0 Å². The summed E-state index contributed by atoms with van der Waals surface area (Å²) in [5, 5.41) is 7.15. The largest absolute Gasteiger partial charge is 0.372 e. The fourth-order valence-corrected chi connectivity index (χ4v) is 2.50. The molecule has 3 nitrogen and oxygen atoms in total. The number of benzene rings is 1. The van der Waals surface area contributed by atoms with Crippen LogP contribution in [0.5, 0.6) is 0 Å². The van der Waals surface area contributed by atoms with Crippen molar-refractivity contribution < 1.29 is 0 Å². The Morgan fingerprint density at radius 1 is 1.05 bits per heavy atom. The van der Waals surface area contributed by atoms with Gasteiger partial charge in [0.05, 0.1) is 10.0 Å². The van der Waals surface area contributed by atoms with Crippen LogP contribution in [0.3, 0.4) is 0 Å². The zero-order valence-electron chi connectivity index (χ0n) is 12.2. The van der Waals surface area contributed by atoms with Crippen molar-refractivity contribution in [1.29, 1.82) is 0 Å². The maximum atomic E-state index is 6.17. The number of pyridine rings is 1. The normalized spacial score (nSPS) is 10.5. The van der Waals surface area contributed by atoms with Crippen molar-refractivity contribution in [3.05, 3.63) is 45.9 Å². The molecule has 0 aliphatic carbocycles. The van der Waals surface area contributed by atoms with Crippen molar-refractivity contribution >= 4 is 40.5 Å². The van der Waals surface area contributed by atoms with Crippen molar-refractivity contribution in [2.75, 3.05) is 17.7 Å². The lowest BCUT2D eigenvalue weighted by Crippen LogP contribution is -1.99. The van der Waals surface area contributed by atoms with Gasteiger partial charge in [-0.2, -0.15) is 0 Å². The van der Waals surface area contributed by atoms with Crippen LogP contribution in [0.15, 0.2) is 30.3 Å². The van der Waals surface area contributed by atoms with E-state index in [1.807, 2.05) is 12.1 Å². The molecule has 0 aliphatic rings. The summed E-state index contributed by atoms with van der Waals surface area (Å²) >= 11 is 12.2. The summed E-state index contributed by atoms with van der Waals surface area (Å²) in [6, 6.07) is 10.0. The molecule has 0 aliphatic heterocycles. The summed E-state index contributed by atoms with van der Waals surface area (Å²) in [7, 11) is 1.77. The second kappa shape index (κ2) is 7.53. The highest BCUT2D eigenvalue weighted by Crippen LogP contribution is 2.30. The first-order chi connectivity index (χ1) is 10.1. The lowest BCUT2D eigenvalue weighted by Gasteiger charge is -2.11. The Balaban J connectivity index is 2.14. The molecule has 2 aromatic rings. The number of halogens is 2. The molecular formula is C16H19Cl2N3. The summed E-state index contributed by atoms with van der Waals surface area (Å²) < 4.78 is 0. The van der Waals surface area contributed by atoms with Gasteiger partial charge in [-0.05, 0) is 36.6 Å². The maximum Gasteiger partial charge on any atom is 0.151 e. The number of aryl methyl sites for hydroxylation is 1. The SMILES string of the molecule is CCCCc1ccc(Nc2nc(NC)c(Cl)cc2Cl)cc1. The van der Waals surface area contributed by atoms with E-state index in [4.69, 9.17) is 23.2 Å². The van der Waals surface area contributed by atoms with Gasteiger partial charge in [0.1, 0.15) is 5.82 Å². The van der Waals surface area contributed by atoms with Gasteiger partial charge in [-0.15, -0.1) is 0 Å². The zero-order chi connectivity index (χ0) is 15.2. The third-order valence-corrected chi connectivity index (χ3v) is 3.78. The molecule has 0 bridgehead atoms. The van der Waals surface area contributed by atoms with Crippen LogP contribution in [0.4, 0.5) is 17.3 Å². The Kier molecular flexibility index (Phi) is 5.71. The van der Waals surface area contributed by atoms with Crippen molar-refractivity contribution in [3.8, 4) is 0 Å². The highest BCUT2D eigenvalue weighted by atomic mass is 35.5. The van der Waals surface area contributed by atoms with Gasteiger partial charge in [0.15, 0.2) is 5.82 Å². The van der Waals surface area contributed by atoms with E-state index in [1.165, 1.54) is 18.4 Å². The van der Waals surface area contributed by atoms with E-state index in [0.717, 1.165) is 12.1 Å². The van der Waals surface area contributed by atoms with Gasteiger partial charge in [-0.3, -0.25) is 0 Å². The van der Waals surface area contributed by atoms with E-state index in [2.05, 4.69) is 34.7 Å². The second-order valence-electron chi connectivity index (χ2n) is 4.82. The van der Waals surface area contributed by atoms with Crippen LogP contribution in [0.1, 0.15) is 25.3 Å². The molecule has 1 heterocycles. The van der Waals surface area contributed by atoms with Gasteiger partial charge in [0, 0.05) is 12.7 Å². The first kappa shape index (κ1) is 15.9. The fraction of sp³-hybridized carbons (Fsp3) is 0.312. The fourth-order valence-electron chi connectivity index (χ4n) is 2.00. The Hall–Kier alpha value is -1.45. The Labute approximate surface area is 135 Å². The van der Waals surface area contributed by atoms with Gasteiger partial charge in [0.2, 0.25) is 0 Å². The summed E-state index contributed by atoms with van der Waals surface area (Å²) in [6.45, 7) is 2.20. The highest BCUT2D eigenvalue weighted by molar-refractivity contribution is 6.37. The molecule has 0 fully saturated rings. The molecule has 5 heteroatoms. The van der Waals surface area contributed by atoms with Gasteiger partial charge in [0.25, 0.3) is 0 Å². The number of hydrogen-bond acceptors (Lipinski definition) is 3. The molecule has 0 amide bonds. The van der Waals surface area contributed by atoms with Crippen LogP contribution >= 0.6 is 23.2 Å². The van der Waals surface area contributed by atoms with E-state index in [-0.39, 0.29) is 0 Å². The van der Waals surface area contributed by atoms with E-state index in [9.17, 15) is 0 Å². The van der Waals surface area contributed by atoms with E-state index >= 15 is 0 Å². The number of nitrogens with zero attached hydrogens (tertiary/aromatic N) is 1. The number of hydrogen-bond donors (Lipinski definition) is 2. The predicted molar refractivity (Wildman–Crippen MR) is 92.1 cm³/mol. The standard InChI is InChI=1S/C16H19Cl2N3/c1-3-4-5-11-6-8-12(9-7-11)20-16-14(18)10-13(17)15(19-2)21-16/h6-10H,3-5H2,1-2H3,(H2,19,20,21). The quantitative estimate of drug-likeness (QED) is 0.735. The topological polar surface area (TPSA) is 37.0 Å². The minimum atomic E-state index is 0.494. The molecular weight excluding hydrogens is 305 g/mol. The third-order valence-electron chi connectivity index (χ3n) is 3.20. The lowest BCUT2D eigenvalue weighted by molar-refractivity contribution is 0.795. The smallest absolute Gasteiger partial charge is 0.151 e. The molecule has 2 N–H and O–H groups in total. The van der Waals surface area contributed by atoms with E-state index in [0.29, 0.717) is 21.7 Å². The Morgan fingerprint density at radius 3 is 2.33 bits per heavy atom. The van der Waals surface area contributed by atoms with Crippen molar-refractivity contribution in [3.63, 3.8) is 0 Å². The zero-order valence-corrected chi connectivity index (χ0v) is 13.7. The van der Waals surface area contributed by atoms with Crippen LogP contribution in [0.25, 0.3) is 0 Å². The summed E-state index contributed by atoms with van der Waals surface area (Å²) in [6.07, 6.45) is 3.53. The summed E-state index contributed by atoms with van der Waals surface area (Å²) in [4.78, 5) is 4.37. The molecule has 21 heavy (non-hydrogen) atoms. The third kappa shape index (κ3) is 4.26. The van der Waals surface area contributed by atoms with Crippen LogP contribution in [0.2, 0.25) is 10.0 Å². The predicted octanol–water partition coefficient (Wildman–Crippen LogP) is 5.52. The molecule has 0 saturated carbocycles. The molecule has 0 spiro atoms. The average molecular weight is 324 g/mol. The Bertz CT molecular complexity index is 597.